The van der Waals surface area contributed by atoms with Crippen molar-refractivity contribution in [1.82, 2.24) is 4.90 Å². The van der Waals surface area contributed by atoms with E-state index in [-0.39, 0.29) is 0 Å². The van der Waals surface area contributed by atoms with E-state index in [4.69, 9.17) is 0 Å². The van der Waals surface area contributed by atoms with Gasteiger partial charge in [0.05, 0.1) is 0 Å². The first-order valence-corrected chi connectivity index (χ1v) is 4.48. The lowest BCUT2D eigenvalue weighted by Gasteiger charge is -2.06. The lowest BCUT2D eigenvalue weighted by molar-refractivity contribution is 0.0816. The summed E-state index contributed by atoms with van der Waals surface area (Å²) < 4.78 is 25.0. The third-order valence-corrected chi connectivity index (χ3v) is 2.16. The average Bonchev–Trinajstić information content (AvgIpc) is 2.43. The highest BCUT2D eigenvalue weighted by atomic mass is 19.3. The standard InChI is InChI=1S/C7H13F2N.C2H6/c1-5-6(4-10(2)3)7(5,8)9;1-2/h5-6H,4H2,1-3H3;1-2H3. The van der Waals surface area contributed by atoms with Crippen molar-refractivity contribution < 1.29 is 8.78 Å². The fourth-order valence-electron chi connectivity index (χ4n) is 1.23. The second-order valence-electron chi connectivity index (χ2n) is 3.33. The zero-order valence-corrected chi connectivity index (χ0v) is 8.56. The second kappa shape index (κ2) is 4.17. The first kappa shape index (κ1) is 11.8. The molecule has 0 bridgehead atoms. The predicted octanol–water partition coefficient (Wildman–Crippen LogP) is 2.48. The quantitative estimate of drug-likeness (QED) is 0.629. The largest absolute Gasteiger partial charge is 0.309 e. The minimum Gasteiger partial charge on any atom is -0.309 e. The molecule has 0 amide bonds. The average molecular weight is 179 g/mol. The van der Waals surface area contributed by atoms with Gasteiger partial charge >= 0.3 is 0 Å². The molecule has 0 aromatic rings. The molecular weight excluding hydrogens is 160 g/mol. The molecule has 0 radical (unpaired) electrons. The number of nitrogens with zero attached hydrogens (tertiary/aromatic N) is 1. The Labute approximate surface area is 73.7 Å². The maximum atomic E-state index is 12.5. The van der Waals surface area contributed by atoms with Gasteiger partial charge in [0, 0.05) is 18.4 Å². The van der Waals surface area contributed by atoms with Crippen molar-refractivity contribution in [2.45, 2.75) is 26.7 Å². The van der Waals surface area contributed by atoms with Crippen molar-refractivity contribution in [2.24, 2.45) is 11.8 Å². The van der Waals surface area contributed by atoms with Gasteiger partial charge in [0.25, 0.3) is 5.92 Å². The van der Waals surface area contributed by atoms with E-state index >= 15 is 0 Å². The Balaban J connectivity index is 0.000000561. The van der Waals surface area contributed by atoms with Crippen LogP contribution in [0.3, 0.4) is 0 Å². The number of hydrogen-bond donors (Lipinski definition) is 0. The van der Waals surface area contributed by atoms with E-state index in [0.29, 0.717) is 6.54 Å². The number of rotatable bonds is 2. The molecule has 0 N–H and O–H groups in total. The van der Waals surface area contributed by atoms with Gasteiger partial charge in [-0.3, -0.25) is 0 Å². The predicted molar refractivity (Wildman–Crippen MR) is 47.5 cm³/mol. The molecule has 1 aliphatic carbocycles. The van der Waals surface area contributed by atoms with Crippen molar-refractivity contribution in [3.05, 3.63) is 0 Å². The highest BCUT2D eigenvalue weighted by Gasteiger charge is 2.64. The first-order chi connectivity index (χ1) is 5.46. The summed E-state index contributed by atoms with van der Waals surface area (Å²) in [6, 6.07) is 0. The highest BCUT2D eigenvalue weighted by Crippen LogP contribution is 2.54. The fourth-order valence-corrected chi connectivity index (χ4v) is 1.23. The van der Waals surface area contributed by atoms with Crippen LogP contribution < -0.4 is 0 Å². The van der Waals surface area contributed by atoms with E-state index in [1.165, 1.54) is 0 Å². The lowest BCUT2D eigenvalue weighted by Crippen LogP contribution is -2.17. The van der Waals surface area contributed by atoms with Crippen LogP contribution in [0.2, 0.25) is 0 Å². The zero-order valence-electron chi connectivity index (χ0n) is 8.56. The first-order valence-electron chi connectivity index (χ1n) is 4.48. The molecule has 1 saturated carbocycles. The monoisotopic (exact) mass is 179 g/mol. The summed E-state index contributed by atoms with van der Waals surface area (Å²) in [5, 5.41) is 0. The molecule has 0 aliphatic heterocycles. The third-order valence-electron chi connectivity index (χ3n) is 2.16. The third kappa shape index (κ3) is 2.41. The van der Waals surface area contributed by atoms with E-state index in [1.807, 2.05) is 32.8 Å². The van der Waals surface area contributed by atoms with E-state index in [0.717, 1.165) is 0 Å². The van der Waals surface area contributed by atoms with Crippen molar-refractivity contribution in [3.63, 3.8) is 0 Å². The number of alkyl halides is 2. The molecule has 1 aliphatic rings. The molecular formula is C9H19F2N. The molecule has 0 saturated heterocycles. The van der Waals surface area contributed by atoms with Gasteiger partial charge in [-0.2, -0.15) is 0 Å². The van der Waals surface area contributed by atoms with Gasteiger partial charge in [0.15, 0.2) is 0 Å². The van der Waals surface area contributed by atoms with Crippen LogP contribution in [0.4, 0.5) is 8.78 Å². The normalized spacial score (nSPS) is 31.0. The van der Waals surface area contributed by atoms with E-state index in [1.54, 1.807) is 6.92 Å². The fraction of sp³-hybridized carbons (Fsp3) is 1.00. The van der Waals surface area contributed by atoms with Crippen molar-refractivity contribution in [1.29, 1.82) is 0 Å². The molecule has 74 valence electrons. The summed E-state index contributed by atoms with van der Waals surface area (Å²) in [6.45, 7) is 6.11. The summed E-state index contributed by atoms with van der Waals surface area (Å²) in [6.07, 6.45) is 0. The van der Waals surface area contributed by atoms with E-state index < -0.39 is 17.8 Å². The molecule has 0 aromatic heterocycles. The highest BCUT2D eigenvalue weighted by molar-refractivity contribution is 5.03. The minimum atomic E-state index is -2.38. The summed E-state index contributed by atoms with van der Waals surface area (Å²) in [5.74, 6) is -3.19. The Hall–Kier alpha value is -0.180. The van der Waals surface area contributed by atoms with Crippen molar-refractivity contribution in [2.75, 3.05) is 20.6 Å². The van der Waals surface area contributed by atoms with Crippen molar-refractivity contribution >= 4 is 0 Å². The molecule has 3 heteroatoms. The maximum Gasteiger partial charge on any atom is 0.255 e. The van der Waals surface area contributed by atoms with Gasteiger partial charge in [-0.1, -0.05) is 20.8 Å². The molecule has 1 fully saturated rings. The van der Waals surface area contributed by atoms with Gasteiger partial charge < -0.3 is 4.90 Å². The van der Waals surface area contributed by atoms with Gasteiger partial charge in [0.1, 0.15) is 0 Å². The smallest absolute Gasteiger partial charge is 0.255 e. The minimum absolute atomic E-state index is 0.400. The summed E-state index contributed by atoms with van der Waals surface area (Å²) in [7, 11) is 3.64. The molecule has 0 aromatic carbocycles. The molecule has 2 atom stereocenters. The van der Waals surface area contributed by atoms with Crippen LogP contribution in [0, 0.1) is 11.8 Å². The second-order valence-corrected chi connectivity index (χ2v) is 3.33. The molecule has 0 heterocycles. The van der Waals surface area contributed by atoms with Crippen LogP contribution >= 0.6 is 0 Å². The van der Waals surface area contributed by atoms with E-state index in [2.05, 4.69) is 0 Å². The van der Waals surface area contributed by atoms with Crippen LogP contribution in [0.25, 0.3) is 0 Å². The van der Waals surface area contributed by atoms with Crippen LogP contribution in [-0.4, -0.2) is 31.5 Å². The summed E-state index contributed by atoms with van der Waals surface area (Å²) >= 11 is 0. The topological polar surface area (TPSA) is 3.24 Å². The van der Waals surface area contributed by atoms with Crippen LogP contribution in [-0.2, 0) is 0 Å². The van der Waals surface area contributed by atoms with Gasteiger partial charge in [0.2, 0.25) is 0 Å². The van der Waals surface area contributed by atoms with Crippen LogP contribution in [0.5, 0.6) is 0 Å². The van der Waals surface area contributed by atoms with E-state index in [9.17, 15) is 8.78 Å². The Morgan fingerprint density at radius 3 is 1.67 bits per heavy atom. The Kier molecular flexibility index (Phi) is 4.11. The molecule has 1 rings (SSSR count). The maximum absolute atomic E-state index is 12.5. The Morgan fingerprint density at radius 1 is 1.25 bits per heavy atom. The number of halogens is 2. The van der Waals surface area contributed by atoms with Crippen molar-refractivity contribution in [3.8, 4) is 0 Å². The Bertz CT molecular complexity index is 134. The zero-order chi connectivity index (χ0) is 9.94. The van der Waals surface area contributed by atoms with Gasteiger partial charge in [-0.05, 0) is 14.1 Å². The molecule has 2 unspecified atom stereocenters. The molecule has 0 spiro atoms. The van der Waals surface area contributed by atoms with Crippen LogP contribution in [0.15, 0.2) is 0 Å². The van der Waals surface area contributed by atoms with Gasteiger partial charge in [-0.15, -0.1) is 0 Å². The molecule has 1 nitrogen and oxygen atoms in total. The van der Waals surface area contributed by atoms with Gasteiger partial charge in [-0.25, -0.2) is 8.78 Å². The summed E-state index contributed by atoms with van der Waals surface area (Å²) in [4.78, 5) is 1.81. The summed E-state index contributed by atoms with van der Waals surface area (Å²) in [5.41, 5.74) is 0. The Morgan fingerprint density at radius 2 is 1.58 bits per heavy atom. The number of hydrogen-bond acceptors (Lipinski definition) is 1. The van der Waals surface area contributed by atoms with Crippen LogP contribution in [0.1, 0.15) is 20.8 Å². The SMILES string of the molecule is CC.CC1C(CN(C)C)C1(F)F. The lowest BCUT2D eigenvalue weighted by atomic mass is 10.3. The molecule has 12 heavy (non-hydrogen) atoms.